The van der Waals surface area contributed by atoms with Gasteiger partial charge in [-0.15, -0.1) is 0 Å². The standard InChI is InChI=1S/C10H9BrFN3O2/c1-17-9-6(16)2-5(12)7(8(9)11)4-3-14-15-10(4)13/h2-3,16H,1H3,(H3,13,14,15). The van der Waals surface area contributed by atoms with Crippen molar-refractivity contribution in [3.05, 3.63) is 22.6 Å². The Morgan fingerprint density at radius 3 is 2.82 bits per heavy atom. The number of aromatic amines is 1. The van der Waals surface area contributed by atoms with Crippen molar-refractivity contribution in [3.8, 4) is 22.6 Å². The minimum Gasteiger partial charge on any atom is -0.504 e. The fourth-order valence-electron chi connectivity index (χ4n) is 1.52. The first-order valence-electron chi connectivity index (χ1n) is 4.60. The first-order valence-corrected chi connectivity index (χ1v) is 5.39. The number of nitrogens with zero attached hydrogens (tertiary/aromatic N) is 1. The number of hydrogen-bond donors (Lipinski definition) is 3. The van der Waals surface area contributed by atoms with Crippen molar-refractivity contribution in [1.29, 1.82) is 0 Å². The van der Waals surface area contributed by atoms with E-state index in [1.807, 2.05) is 0 Å². The van der Waals surface area contributed by atoms with Crippen LogP contribution < -0.4 is 10.5 Å². The second-order valence-corrected chi connectivity index (χ2v) is 4.09. The Morgan fingerprint density at radius 1 is 1.59 bits per heavy atom. The number of methoxy groups -OCH3 is 1. The van der Waals surface area contributed by atoms with Crippen molar-refractivity contribution < 1.29 is 14.2 Å². The molecule has 0 unspecified atom stereocenters. The number of aromatic hydroxyl groups is 1. The molecule has 0 aliphatic rings. The molecule has 90 valence electrons. The lowest BCUT2D eigenvalue weighted by Gasteiger charge is -2.11. The summed E-state index contributed by atoms with van der Waals surface area (Å²) in [6, 6.07) is 0.964. The maximum absolute atomic E-state index is 13.8. The normalized spacial score (nSPS) is 10.5. The van der Waals surface area contributed by atoms with Gasteiger partial charge in [0.15, 0.2) is 11.5 Å². The summed E-state index contributed by atoms with van der Waals surface area (Å²) in [4.78, 5) is 0. The van der Waals surface area contributed by atoms with Crippen molar-refractivity contribution >= 4 is 21.7 Å². The molecule has 4 N–H and O–H groups in total. The Morgan fingerprint density at radius 2 is 2.29 bits per heavy atom. The highest BCUT2D eigenvalue weighted by molar-refractivity contribution is 9.10. The second kappa shape index (κ2) is 4.25. The molecule has 0 aliphatic heterocycles. The van der Waals surface area contributed by atoms with E-state index in [0.29, 0.717) is 5.56 Å². The number of halogens is 2. The van der Waals surface area contributed by atoms with E-state index in [1.165, 1.54) is 13.3 Å². The largest absolute Gasteiger partial charge is 0.504 e. The molecule has 1 heterocycles. The smallest absolute Gasteiger partial charge is 0.175 e. The number of nitrogen functional groups attached to an aromatic ring is 1. The lowest BCUT2D eigenvalue weighted by Crippen LogP contribution is -1.94. The highest BCUT2D eigenvalue weighted by Gasteiger charge is 2.20. The van der Waals surface area contributed by atoms with E-state index in [2.05, 4.69) is 26.1 Å². The maximum atomic E-state index is 13.8. The van der Waals surface area contributed by atoms with Crippen molar-refractivity contribution in [1.82, 2.24) is 10.2 Å². The molecule has 1 aromatic heterocycles. The monoisotopic (exact) mass is 301 g/mol. The number of hydrogen-bond acceptors (Lipinski definition) is 4. The van der Waals surface area contributed by atoms with Gasteiger partial charge in [0.2, 0.25) is 0 Å². The number of phenolic OH excluding ortho intramolecular Hbond substituents is 1. The molecule has 1 aromatic carbocycles. The van der Waals surface area contributed by atoms with Gasteiger partial charge in [0.1, 0.15) is 11.6 Å². The van der Waals surface area contributed by atoms with Crippen LogP contribution in [0.1, 0.15) is 0 Å². The summed E-state index contributed by atoms with van der Waals surface area (Å²) >= 11 is 3.18. The third kappa shape index (κ3) is 1.82. The molecular weight excluding hydrogens is 293 g/mol. The van der Waals surface area contributed by atoms with E-state index in [0.717, 1.165) is 6.07 Å². The summed E-state index contributed by atoms with van der Waals surface area (Å²) < 4.78 is 19.1. The maximum Gasteiger partial charge on any atom is 0.175 e. The molecule has 0 saturated carbocycles. The zero-order valence-electron chi connectivity index (χ0n) is 8.79. The summed E-state index contributed by atoms with van der Waals surface area (Å²) in [5.74, 6) is -0.537. The summed E-state index contributed by atoms with van der Waals surface area (Å²) in [6.45, 7) is 0. The number of aromatic nitrogens is 2. The Bertz CT molecular complexity index is 571. The number of phenols is 1. The number of anilines is 1. The number of nitrogens with one attached hydrogen (secondary N) is 1. The molecule has 0 aliphatic carbocycles. The zero-order valence-corrected chi connectivity index (χ0v) is 10.4. The van der Waals surface area contributed by atoms with Gasteiger partial charge in [0, 0.05) is 17.2 Å². The average Bonchev–Trinajstić information content (AvgIpc) is 2.65. The van der Waals surface area contributed by atoms with Gasteiger partial charge >= 0.3 is 0 Å². The highest BCUT2D eigenvalue weighted by atomic mass is 79.9. The van der Waals surface area contributed by atoms with Crippen molar-refractivity contribution in [2.24, 2.45) is 0 Å². The van der Waals surface area contributed by atoms with E-state index in [-0.39, 0.29) is 27.4 Å². The number of nitrogens with two attached hydrogens (primary N) is 1. The Hall–Kier alpha value is -1.76. The first-order chi connectivity index (χ1) is 8.06. The average molecular weight is 302 g/mol. The summed E-state index contributed by atoms with van der Waals surface area (Å²) in [6.07, 6.45) is 1.40. The van der Waals surface area contributed by atoms with Gasteiger partial charge in [-0.1, -0.05) is 0 Å². The van der Waals surface area contributed by atoms with E-state index in [9.17, 15) is 9.50 Å². The van der Waals surface area contributed by atoms with Crippen LogP contribution in [0.25, 0.3) is 11.1 Å². The van der Waals surface area contributed by atoms with Crippen LogP contribution in [-0.2, 0) is 0 Å². The van der Waals surface area contributed by atoms with Gasteiger partial charge in [-0.05, 0) is 15.9 Å². The zero-order chi connectivity index (χ0) is 12.6. The van der Waals surface area contributed by atoms with Gasteiger partial charge in [-0.25, -0.2) is 4.39 Å². The number of benzene rings is 1. The van der Waals surface area contributed by atoms with E-state index in [1.54, 1.807) is 0 Å². The third-order valence-corrected chi connectivity index (χ3v) is 3.05. The van der Waals surface area contributed by atoms with E-state index in [4.69, 9.17) is 10.5 Å². The van der Waals surface area contributed by atoms with Crippen molar-refractivity contribution in [3.63, 3.8) is 0 Å². The molecule has 2 rings (SSSR count). The second-order valence-electron chi connectivity index (χ2n) is 3.30. The summed E-state index contributed by atoms with van der Waals surface area (Å²) in [7, 11) is 1.38. The van der Waals surface area contributed by atoms with Crippen molar-refractivity contribution in [2.45, 2.75) is 0 Å². The minimum atomic E-state index is -0.622. The van der Waals surface area contributed by atoms with Gasteiger partial charge in [-0.2, -0.15) is 5.10 Å². The Kier molecular flexibility index (Phi) is 2.93. The van der Waals surface area contributed by atoms with Gasteiger partial charge in [-0.3, -0.25) is 5.10 Å². The topological polar surface area (TPSA) is 84.2 Å². The van der Waals surface area contributed by atoms with Crippen LogP contribution in [0.4, 0.5) is 10.2 Å². The molecule has 17 heavy (non-hydrogen) atoms. The minimum absolute atomic E-state index is 0.141. The molecule has 0 amide bonds. The highest BCUT2D eigenvalue weighted by Crippen LogP contribution is 2.44. The fraction of sp³-hybridized carbons (Fsp3) is 0.100. The van der Waals surface area contributed by atoms with Crippen LogP contribution >= 0.6 is 15.9 Å². The summed E-state index contributed by atoms with van der Waals surface area (Å²) in [5.41, 5.74) is 6.21. The molecular formula is C10H9BrFN3O2. The SMILES string of the molecule is COc1c(O)cc(F)c(-c2cn[nH]c2N)c1Br. The van der Waals surface area contributed by atoms with Gasteiger partial charge < -0.3 is 15.6 Å². The van der Waals surface area contributed by atoms with E-state index >= 15 is 0 Å². The molecule has 0 bridgehead atoms. The van der Waals surface area contributed by atoms with Crippen LogP contribution in [0.3, 0.4) is 0 Å². The number of ether oxygens (including phenoxy) is 1. The lowest BCUT2D eigenvalue weighted by molar-refractivity contribution is 0.369. The van der Waals surface area contributed by atoms with Crippen molar-refractivity contribution in [2.75, 3.05) is 12.8 Å². The van der Waals surface area contributed by atoms with E-state index < -0.39 is 5.82 Å². The van der Waals surface area contributed by atoms with Crippen LogP contribution in [0.15, 0.2) is 16.7 Å². The van der Waals surface area contributed by atoms with Crippen LogP contribution in [0.2, 0.25) is 0 Å². The molecule has 0 radical (unpaired) electrons. The third-order valence-electron chi connectivity index (χ3n) is 2.30. The number of rotatable bonds is 2. The van der Waals surface area contributed by atoms with Gasteiger partial charge in [0.05, 0.1) is 17.8 Å². The molecule has 5 nitrogen and oxygen atoms in total. The molecule has 0 fully saturated rings. The number of H-pyrrole nitrogens is 1. The predicted octanol–water partition coefficient (Wildman–Crippen LogP) is 2.27. The molecule has 0 saturated heterocycles. The molecule has 0 atom stereocenters. The Labute approximate surface area is 105 Å². The van der Waals surface area contributed by atoms with Gasteiger partial charge in [0.25, 0.3) is 0 Å². The first kappa shape index (κ1) is 11.7. The van der Waals surface area contributed by atoms with Crippen LogP contribution in [0.5, 0.6) is 11.5 Å². The summed E-state index contributed by atoms with van der Waals surface area (Å²) in [5, 5.41) is 15.7. The quantitative estimate of drug-likeness (QED) is 0.794. The lowest BCUT2D eigenvalue weighted by atomic mass is 10.1. The predicted molar refractivity (Wildman–Crippen MR) is 64.3 cm³/mol. The fourth-order valence-corrected chi connectivity index (χ4v) is 2.29. The molecule has 0 spiro atoms. The molecule has 7 heteroatoms. The van der Waals surface area contributed by atoms with Crippen LogP contribution in [-0.4, -0.2) is 22.4 Å². The molecule has 2 aromatic rings. The Balaban J connectivity index is 2.74. The van der Waals surface area contributed by atoms with Crippen LogP contribution in [0, 0.1) is 5.82 Å².